The van der Waals surface area contributed by atoms with E-state index in [2.05, 4.69) is 5.32 Å². The van der Waals surface area contributed by atoms with E-state index < -0.39 is 23.8 Å². The Kier molecular flexibility index (Phi) is 9.58. The normalized spacial score (nSPS) is 20.3. The number of nitrogens with two attached hydrogens (primary N) is 1. The van der Waals surface area contributed by atoms with Gasteiger partial charge in [0.05, 0.1) is 19.8 Å². The number of hydrogen-bond acceptors (Lipinski definition) is 7. The molecule has 2 aromatic rings. The van der Waals surface area contributed by atoms with Gasteiger partial charge in [0, 0.05) is 71.8 Å². The van der Waals surface area contributed by atoms with Crippen molar-refractivity contribution in [2.24, 2.45) is 23.5 Å². The van der Waals surface area contributed by atoms with Crippen molar-refractivity contribution in [1.29, 1.82) is 10.8 Å². The van der Waals surface area contributed by atoms with Gasteiger partial charge in [-0.2, -0.15) is 0 Å². The molecule has 2 aliphatic carbocycles. The predicted octanol–water partition coefficient (Wildman–Crippen LogP) is 6.35. The fraction of sp³-hybridized carbons (Fsp3) is 0.583. The van der Waals surface area contributed by atoms with Gasteiger partial charge in [0.25, 0.3) is 11.8 Å². The number of nitrogens with one attached hydrogen (secondary N) is 3. The van der Waals surface area contributed by atoms with Gasteiger partial charge < -0.3 is 26.6 Å². The topological polar surface area (TPSA) is 145 Å². The standard InChI is InChI=1S/C36H46F2N6O3/c1-3-5-22(15-39)34(41)33(25-18-47-19-25)24-12-30(21-8-9-21)43-32(13-24)44-17-27-26(35(44)46)10-23(11-28(27)36(2,37)38)29(14-31(40)45)42-16-20-6-4-7-20/h10-13,15,20-22,25,29,33,39,41-42H,3-9,14,16-19H2,1-2H3,(H2,40,45)/t22?,29-,33+/m1/s1. The van der Waals surface area contributed by atoms with E-state index in [-0.39, 0.29) is 53.3 Å². The van der Waals surface area contributed by atoms with Gasteiger partial charge >= 0.3 is 0 Å². The van der Waals surface area contributed by atoms with E-state index in [1.165, 1.54) is 17.2 Å². The summed E-state index contributed by atoms with van der Waals surface area (Å²) >= 11 is 0. The van der Waals surface area contributed by atoms with Crippen LogP contribution in [0.2, 0.25) is 0 Å². The van der Waals surface area contributed by atoms with Crippen LogP contribution in [0.15, 0.2) is 24.3 Å². The molecule has 1 aromatic heterocycles. The van der Waals surface area contributed by atoms with Crippen molar-refractivity contribution < 1.29 is 23.1 Å². The molecule has 1 saturated heterocycles. The third-order valence-electron chi connectivity index (χ3n) is 10.4. The first-order valence-electron chi connectivity index (χ1n) is 17.1. The van der Waals surface area contributed by atoms with Crippen LogP contribution in [0.5, 0.6) is 0 Å². The summed E-state index contributed by atoms with van der Waals surface area (Å²) in [7, 11) is 0. The third kappa shape index (κ3) is 7.02. The highest BCUT2D eigenvalue weighted by Crippen LogP contribution is 2.45. The van der Waals surface area contributed by atoms with Gasteiger partial charge in [-0.1, -0.05) is 19.8 Å². The summed E-state index contributed by atoms with van der Waals surface area (Å²) in [5, 5.41) is 20.6. The number of hydrogen-bond donors (Lipinski definition) is 4. The number of carbonyl (C=O) groups excluding carboxylic acids is 2. The fourth-order valence-electron chi connectivity index (χ4n) is 7.21. The van der Waals surface area contributed by atoms with Crippen LogP contribution in [0.3, 0.4) is 0 Å². The molecule has 2 aliphatic heterocycles. The first-order chi connectivity index (χ1) is 22.5. The molecule has 5 N–H and O–H groups in total. The van der Waals surface area contributed by atoms with E-state index in [0.717, 1.165) is 56.7 Å². The van der Waals surface area contributed by atoms with Crippen LogP contribution >= 0.6 is 0 Å². The third-order valence-corrected chi connectivity index (χ3v) is 10.4. The second-order valence-electron chi connectivity index (χ2n) is 14.1. The van der Waals surface area contributed by atoms with Crippen LogP contribution in [-0.2, 0) is 22.0 Å². The largest absolute Gasteiger partial charge is 0.381 e. The average Bonchev–Trinajstić information content (AvgIpc) is 3.78. The number of primary amides is 1. The smallest absolute Gasteiger partial charge is 0.270 e. The molecule has 2 amide bonds. The molecular weight excluding hydrogens is 602 g/mol. The first kappa shape index (κ1) is 33.3. The number of halogens is 2. The highest BCUT2D eigenvalue weighted by atomic mass is 19.3. The van der Waals surface area contributed by atoms with Crippen LogP contribution in [0.25, 0.3) is 0 Å². The zero-order valence-electron chi connectivity index (χ0n) is 27.3. The van der Waals surface area contributed by atoms with Gasteiger partial charge in [0.2, 0.25) is 5.91 Å². The molecule has 3 atom stereocenters. The van der Waals surface area contributed by atoms with Crippen molar-refractivity contribution in [3.8, 4) is 0 Å². The van der Waals surface area contributed by atoms with E-state index in [1.807, 2.05) is 19.1 Å². The molecule has 2 saturated carbocycles. The predicted molar refractivity (Wildman–Crippen MR) is 177 cm³/mol. The molecule has 0 spiro atoms. The number of amides is 2. The molecule has 252 valence electrons. The fourth-order valence-corrected chi connectivity index (χ4v) is 7.21. The summed E-state index contributed by atoms with van der Waals surface area (Å²) in [6.07, 6.45) is 8.07. The molecule has 4 aliphatic rings. The quantitative estimate of drug-likeness (QED) is 0.157. The van der Waals surface area contributed by atoms with Gasteiger partial charge in [-0.25, -0.2) is 13.8 Å². The number of ether oxygens (including phenoxy) is 1. The second-order valence-corrected chi connectivity index (χ2v) is 14.1. The van der Waals surface area contributed by atoms with Crippen LogP contribution in [0.4, 0.5) is 14.6 Å². The van der Waals surface area contributed by atoms with E-state index in [4.69, 9.17) is 20.9 Å². The number of pyridine rings is 1. The van der Waals surface area contributed by atoms with Crippen molar-refractivity contribution in [2.75, 3.05) is 24.7 Å². The highest BCUT2D eigenvalue weighted by Gasteiger charge is 2.41. The van der Waals surface area contributed by atoms with Crippen LogP contribution in [0, 0.1) is 28.6 Å². The molecule has 3 fully saturated rings. The lowest BCUT2D eigenvalue weighted by molar-refractivity contribution is -0.118. The zero-order valence-corrected chi connectivity index (χ0v) is 27.3. The zero-order chi connectivity index (χ0) is 33.5. The lowest BCUT2D eigenvalue weighted by Gasteiger charge is -2.36. The van der Waals surface area contributed by atoms with Gasteiger partial charge in [-0.3, -0.25) is 14.5 Å². The Morgan fingerprint density at radius 2 is 1.94 bits per heavy atom. The maximum Gasteiger partial charge on any atom is 0.270 e. The molecule has 1 unspecified atom stereocenters. The Balaban J connectivity index is 1.38. The number of alkyl halides is 2. The number of rotatable bonds is 16. The van der Waals surface area contributed by atoms with Gasteiger partial charge in [0.1, 0.15) is 5.82 Å². The number of anilines is 1. The Bertz CT molecular complexity index is 1550. The number of carbonyl (C=O) groups is 2. The Morgan fingerprint density at radius 3 is 2.49 bits per heavy atom. The summed E-state index contributed by atoms with van der Waals surface area (Å²) in [6.45, 7) is 4.48. The maximum atomic E-state index is 15.3. The summed E-state index contributed by atoms with van der Waals surface area (Å²) in [5.74, 6) is -3.65. The first-order valence-corrected chi connectivity index (χ1v) is 17.1. The molecule has 11 heteroatoms. The summed E-state index contributed by atoms with van der Waals surface area (Å²) < 4.78 is 36.1. The number of nitrogens with zero attached hydrogens (tertiary/aromatic N) is 2. The average molecular weight is 649 g/mol. The molecule has 3 heterocycles. The van der Waals surface area contributed by atoms with Crippen LogP contribution < -0.4 is 16.0 Å². The van der Waals surface area contributed by atoms with Crippen molar-refractivity contribution in [2.45, 2.75) is 95.6 Å². The highest BCUT2D eigenvalue weighted by molar-refractivity contribution is 6.10. The molecule has 0 radical (unpaired) electrons. The van der Waals surface area contributed by atoms with Gasteiger partial charge in [0.15, 0.2) is 0 Å². The number of benzene rings is 1. The Hall–Kier alpha value is -3.57. The molecule has 9 nitrogen and oxygen atoms in total. The van der Waals surface area contributed by atoms with Crippen LogP contribution in [0.1, 0.15) is 121 Å². The lowest BCUT2D eigenvalue weighted by Crippen LogP contribution is -2.39. The van der Waals surface area contributed by atoms with E-state index in [9.17, 15) is 15.0 Å². The van der Waals surface area contributed by atoms with Crippen molar-refractivity contribution in [1.82, 2.24) is 10.3 Å². The SMILES string of the molecule is CCCC(C=N)C(=N)[C@@H](c1cc(C2CC2)nc(N2Cc3c(cc([C@@H](CC(N)=O)NCC4CCC4)cc3C(C)(F)F)C2=O)c1)C1COC1. The lowest BCUT2D eigenvalue weighted by atomic mass is 9.76. The molecule has 47 heavy (non-hydrogen) atoms. The van der Waals surface area contributed by atoms with Crippen molar-refractivity contribution >= 4 is 29.6 Å². The number of fused-ring (bicyclic) bond motifs is 1. The number of aromatic nitrogens is 1. The maximum absolute atomic E-state index is 15.3. The molecule has 0 bridgehead atoms. The van der Waals surface area contributed by atoms with Crippen molar-refractivity contribution in [3.05, 3.63) is 57.8 Å². The van der Waals surface area contributed by atoms with Gasteiger partial charge in [-0.05, 0) is 85.5 Å². The summed E-state index contributed by atoms with van der Waals surface area (Å²) in [4.78, 5) is 32.6. The van der Waals surface area contributed by atoms with Crippen LogP contribution in [-0.4, -0.2) is 48.5 Å². The molecule has 6 rings (SSSR count). The molecular formula is C36H46F2N6O3. The van der Waals surface area contributed by atoms with E-state index >= 15 is 8.78 Å². The second kappa shape index (κ2) is 13.5. The van der Waals surface area contributed by atoms with E-state index in [1.54, 1.807) is 6.07 Å². The van der Waals surface area contributed by atoms with Crippen molar-refractivity contribution in [3.63, 3.8) is 0 Å². The molecule has 1 aromatic carbocycles. The summed E-state index contributed by atoms with van der Waals surface area (Å²) in [6, 6.07) is 6.34. The summed E-state index contributed by atoms with van der Waals surface area (Å²) in [5.41, 5.74) is 8.38. The van der Waals surface area contributed by atoms with E-state index in [0.29, 0.717) is 49.2 Å². The Morgan fingerprint density at radius 1 is 1.19 bits per heavy atom. The van der Waals surface area contributed by atoms with Gasteiger partial charge in [-0.15, -0.1) is 0 Å². The minimum absolute atomic E-state index is 0.0582. The minimum atomic E-state index is -3.23. The monoisotopic (exact) mass is 648 g/mol. The minimum Gasteiger partial charge on any atom is -0.381 e. The Labute approximate surface area is 275 Å².